The maximum Gasteiger partial charge on any atom is 0.292 e. The van der Waals surface area contributed by atoms with Crippen molar-refractivity contribution in [2.75, 3.05) is 12.4 Å². The minimum atomic E-state index is -0.500. The van der Waals surface area contributed by atoms with Gasteiger partial charge in [0.2, 0.25) is 5.91 Å². The number of likely N-dealkylation sites (N-methyl/N-ethyl adjacent to an activating group) is 1. The average Bonchev–Trinajstić information content (AvgIpc) is 2.74. The van der Waals surface area contributed by atoms with Crippen LogP contribution in [0.4, 0.5) is 11.4 Å². The molecule has 0 spiro atoms. The van der Waals surface area contributed by atoms with Crippen LogP contribution in [0.1, 0.15) is 12.5 Å². The molecule has 0 aliphatic rings. The van der Waals surface area contributed by atoms with Gasteiger partial charge in [0, 0.05) is 12.6 Å². The van der Waals surface area contributed by atoms with E-state index in [1.807, 2.05) is 48.3 Å². The van der Waals surface area contributed by atoms with Gasteiger partial charge in [0.1, 0.15) is 5.69 Å². The number of carbonyl (C=O) groups is 1. The van der Waals surface area contributed by atoms with Gasteiger partial charge in [-0.2, -0.15) is 0 Å². The van der Waals surface area contributed by atoms with Crippen LogP contribution in [0, 0.1) is 10.1 Å². The van der Waals surface area contributed by atoms with E-state index in [1.165, 1.54) is 12.1 Å². The molecule has 1 unspecified atom stereocenters. The number of hydrogen-bond acceptors (Lipinski definition) is 4. The molecule has 0 saturated heterocycles. The summed E-state index contributed by atoms with van der Waals surface area (Å²) in [6.45, 7) is 2.35. The van der Waals surface area contributed by atoms with Gasteiger partial charge < -0.3 is 5.32 Å². The molecule has 3 aromatic carbocycles. The lowest BCUT2D eigenvalue weighted by atomic mass is 9.99. The number of nitro groups is 1. The van der Waals surface area contributed by atoms with Gasteiger partial charge in [-0.15, -0.1) is 0 Å². The molecule has 3 rings (SSSR count). The quantitative estimate of drug-likeness (QED) is 0.469. The average molecular weight is 389 g/mol. The van der Waals surface area contributed by atoms with E-state index in [0.29, 0.717) is 6.54 Å². The third-order valence-corrected chi connectivity index (χ3v) is 4.92. The van der Waals surface area contributed by atoms with Crippen molar-refractivity contribution in [1.82, 2.24) is 4.90 Å². The molecule has 6 nitrogen and oxygen atoms in total. The molecule has 0 heterocycles. The van der Waals surface area contributed by atoms with Gasteiger partial charge in [-0.05, 0) is 36.7 Å². The Morgan fingerprint density at radius 2 is 1.62 bits per heavy atom. The van der Waals surface area contributed by atoms with E-state index in [2.05, 4.69) is 23.5 Å². The highest BCUT2D eigenvalue weighted by atomic mass is 16.6. The Hall–Kier alpha value is -3.51. The summed E-state index contributed by atoms with van der Waals surface area (Å²) in [5.41, 5.74) is 3.42. The fourth-order valence-electron chi connectivity index (χ4n) is 3.14. The minimum Gasteiger partial charge on any atom is -0.319 e. The zero-order valence-electron chi connectivity index (χ0n) is 16.4. The summed E-state index contributed by atoms with van der Waals surface area (Å²) >= 11 is 0. The number of rotatable bonds is 7. The highest BCUT2D eigenvalue weighted by Crippen LogP contribution is 2.26. The second-order valence-electron chi connectivity index (χ2n) is 6.88. The highest BCUT2D eigenvalue weighted by molar-refractivity contribution is 5.96. The number of nitrogens with one attached hydrogen (secondary N) is 1. The van der Waals surface area contributed by atoms with Crippen LogP contribution in [0.15, 0.2) is 78.9 Å². The van der Waals surface area contributed by atoms with Crippen molar-refractivity contribution in [2.45, 2.75) is 19.5 Å². The zero-order chi connectivity index (χ0) is 20.8. The predicted octanol–water partition coefficient (Wildman–Crippen LogP) is 4.72. The monoisotopic (exact) mass is 389 g/mol. The minimum absolute atomic E-state index is 0.120. The van der Waals surface area contributed by atoms with Gasteiger partial charge in [0.15, 0.2) is 0 Å². The van der Waals surface area contributed by atoms with Crippen molar-refractivity contribution in [3.63, 3.8) is 0 Å². The van der Waals surface area contributed by atoms with Crippen LogP contribution in [0.3, 0.4) is 0 Å². The third kappa shape index (κ3) is 4.86. The van der Waals surface area contributed by atoms with Crippen LogP contribution in [-0.2, 0) is 11.3 Å². The van der Waals surface area contributed by atoms with E-state index >= 15 is 0 Å². The van der Waals surface area contributed by atoms with Crippen molar-refractivity contribution in [2.24, 2.45) is 0 Å². The second-order valence-corrected chi connectivity index (χ2v) is 6.88. The molecule has 0 radical (unpaired) electrons. The molecule has 1 atom stereocenters. The lowest BCUT2D eigenvalue weighted by Gasteiger charge is -2.25. The normalized spacial score (nSPS) is 11.8. The molecule has 1 amide bonds. The number of benzene rings is 3. The van der Waals surface area contributed by atoms with Crippen molar-refractivity contribution in [3.05, 3.63) is 94.5 Å². The first-order valence-corrected chi connectivity index (χ1v) is 9.35. The van der Waals surface area contributed by atoms with Crippen LogP contribution in [0.5, 0.6) is 0 Å². The van der Waals surface area contributed by atoms with Crippen LogP contribution in [0.2, 0.25) is 0 Å². The topological polar surface area (TPSA) is 75.5 Å². The molecule has 0 aromatic heterocycles. The Morgan fingerprint density at radius 3 is 2.34 bits per heavy atom. The number of amides is 1. The van der Waals surface area contributed by atoms with Crippen LogP contribution in [0.25, 0.3) is 11.1 Å². The number of carbonyl (C=O) groups excluding carboxylic acids is 1. The first-order chi connectivity index (χ1) is 14.0. The van der Waals surface area contributed by atoms with Gasteiger partial charge in [0.05, 0.1) is 11.0 Å². The first kappa shape index (κ1) is 20.2. The lowest BCUT2D eigenvalue weighted by Crippen LogP contribution is -2.39. The Labute approximate surface area is 169 Å². The van der Waals surface area contributed by atoms with Crippen molar-refractivity contribution >= 4 is 17.3 Å². The smallest absolute Gasteiger partial charge is 0.292 e. The summed E-state index contributed by atoms with van der Waals surface area (Å²) in [5, 5.41) is 13.8. The summed E-state index contributed by atoms with van der Waals surface area (Å²) in [6, 6.07) is 23.9. The summed E-state index contributed by atoms with van der Waals surface area (Å²) in [4.78, 5) is 25.3. The zero-order valence-corrected chi connectivity index (χ0v) is 16.4. The third-order valence-electron chi connectivity index (χ3n) is 4.92. The summed E-state index contributed by atoms with van der Waals surface area (Å²) in [6.07, 6.45) is 0. The van der Waals surface area contributed by atoms with E-state index in [1.54, 1.807) is 19.1 Å². The summed E-state index contributed by atoms with van der Waals surface area (Å²) in [7, 11) is 1.87. The molecular weight excluding hydrogens is 366 g/mol. The molecule has 29 heavy (non-hydrogen) atoms. The van der Waals surface area contributed by atoms with Gasteiger partial charge in [-0.1, -0.05) is 66.7 Å². The Kier molecular flexibility index (Phi) is 6.36. The van der Waals surface area contributed by atoms with E-state index in [4.69, 9.17) is 0 Å². The number of nitrogens with zero attached hydrogens (tertiary/aromatic N) is 2. The molecule has 0 aliphatic carbocycles. The Bertz CT molecular complexity index is 1010. The molecule has 148 valence electrons. The number of nitro benzene ring substituents is 1. The van der Waals surface area contributed by atoms with E-state index < -0.39 is 11.0 Å². The molecule has 1 N–H and O–H groups in total. The van der Waals surface area contributed by atoms with Crippen molar-refractivity contribution in [1.29, 1.82) is 0 Å². The predicted molar refractivity (Wildman–Crippen MR) is 115 cm³/mol. The second kappa shape index (κ2) is 9.12. The molecule has 3 aromatic rings. The molecule has 0 bridgehead atoms. The Balaban J connectivity index is 1.74. The summed E-state index contributed by atoms with van der Waals surface area (Å²) < 4.78 is 0. The van der Waals surface area contributed by atoms with Gasteiger partial charge in [0.25, 0.3) is 5.69 Å². The van der Waals surface area contributed by atoms with Crippen molar-refractivity contribution < 1.29 is 9.72 Å². The standard InChI is InChI=1S/C23H23N3O3/c1-17(23(27)24-21-14-8-9-15-22(21)26(28)29)25(2)16-19-12-6-7-13-20(19)18-10-4-3-5-11-18/h3-15,17H,16H2,1-2H3,(H,24,27). The Morgan fingerprint density at radius 1 is 1.00 bits per heavy atom. The maximum absolute atomic E-state index is 12.7. The maximum atomic E-state index is 12.7. The van der Waals surface area contributed by atoms with E-state index in [-0.39, 0.29) is 17.3 Å². The fraction of sp³-hybridized carbons (Fsp3) is 0.174. The molecule has 0 fully saturated rings. The molecule has 0 saturated carbocycles. The number of anilines is 1. The van der Waals surface area contributed by atoms with E-state index in [0.717, 1.165) is 16.7 Å². The van der Waals surface area contributed by atoms with Crippen LogP contribution >= 0.6 is 0 Å². The molecular formula is C23H23N3O3. The lowest BCUT2D eigenvalue weighted by molar-refractivity contribution is -0.383. The number of para-hydroxylation sites is 2. The van der Waals surface area contributed by atoms with Crippen LogP contribution in [-0.4, -0.2) is 28.8 Å². The van der Waals surface area contributed by atoms with Gasteiger partial charge in [-0.3, -0.25) is 19.8 Å². The van der Waals surface area contributed by atoms with Gasteiger partial charge >= 0.3 is 0 Å². The SMILES string of the molecule is CC(C(=O)Nc1ccccc1[N+](=O)[O-])N(C)Cc1ccccc1-c1ccccc1. The van der Waals surface area contributed by atoms with E-state index in [9.17, 15) is 14.9 Å². The van der Waals surface area contributed by atoms with Crippen molar-refractivity contribution in [3.8, 4) is 11.1 Å². The highest BCUT2D eigenvalue weighted by Gasteiger charge is 2.22. The van der Waals surface area contributed by atoms with Gasteiger partial charge in [-0.25, -0.2) is 0 Å². The fourth-order valence-corrected chi connectivity index (χ4v) is 3.14. The molecule has 6 heteroatoms. The van der Waals surface area contributed by atoms with Crippen LogP contribution < -0.4 is 5.32 Å². The summed E-state index contributed by atoms with van der Waals surface area (Å²) in [5.74, 6) is -0.293. The largest absolute Gasteiger partial charge is 0.319 e. The first-order valence-electron chi connectivity index (χ1n) is 9.35. The molecule has 0 aliphatic heterocycles. The number of hydrogen-bond donors (Lipinski definition) is 1.